The van der Waals surface area contributed by atoms with Crippen LogP contribution in [0, 0.1) is 11.8 Å². The topological polar surface area (TPSA) is 76.1 Å². The Hall–Kier alpha value is -3.61. The fourth-order valence-electron chi connectivity index (χ4n) is 5.25. The third-order valence-corrected chi connectivity index (χ3v) is 6.45. The zero-order chi connectivity index (χ0) is 20.6. The first-order valence-corrected chi connectivity index (χ1v) is 9.90. The van der Waals surface area contributed by atoms with Crippen LogP contribution in [0.2, 0.25) is 0 Å². The summed E-state index contributed by atoms with van der Waals surface area (Å²) in [5.74, 6) is -0.996. The number of fused-ring (bicyclic) bond motifs is 6. The van der Waals surface area contributed by atoms with Gasteiger partial charge >= 0.3 is 0 Å². The molecule has 0 unspecified atom stereocenters. The third kappa shape index (κ3) is 2.12. The Labute approximate surface area is 172 Å². The van der Waals surface area contributed by atoms with Crippen LogP contribution >= 0.6 is 0 Å². The van der Waals surface area contributed by atoms with E-state index in [1.165, 1.54) is 11.8 Å². The first kappa shape index (κ1) is 17.3. The maximum absolute atomic E-state index is 13.5. The van der Waals surface area contributed by atoms with Crippen LogP contribution in [0.1, 0.15) is 12.5 Å². The smallest absolute Gasteiger partial charge is 0.240 e. The average molecular weight is 402 g/mol. The van der Waals surface area contributed by atoms with Gasteiger partial charge in [0.15, 0.2) is 17.3 Å². The lowest BCUT2D eigenvalue weighted by Crippen LogP contribution is -2.48. The Morgan fingerprint density at radius 2 is 1.77 bits per heavy atom. The highest BCUT2D eigenvalue weighted by Gasteiger charge is 2.63. The molecule has 4 atom stereocenters. The number of anilines is 2. The number of rotatable bonds is 2. The Morgan fingerprint density at radius 1 is 1.00 bits per heavy atom. The summed E-state index contributed by atoms with van der Waals surface area (Å²) in [5.41, 5.74) is 2.31. The minimum absolute atomic E-state index is 0.111. The fraction of sp³-hybridized carbons (Fsp3) is 0.261. The van der Waals surface area contributed by atoms with Gasteiger partial charge in [-0.25, -0.2) is 4.90 Å². The second kappa shape index (κ2) is 5.95. The molecule has 4 aliphatic heterocycles. The van der Waals surface area contributed by atoms with Crippen LogP contribution in [0.15, 0.2) is 48.5 Å². The quantitative estimate of drug-likeness (QED) is 0.718. The number of hydrogen-bond acceptors (Lipinski definition) is 6. The van der Waals surface area contributed by atoms with Gasteiger partial charge in [0.05, 0.1) is 23.6 Å². The molecule has 0 N–H and O–H groups in total. The highest BCUT2D eigenvalue weighted by atomic mass is 16.7. The molecule has 6 rings (SSSR count). The van der Waals surface area contributed by atoms with E-state index in [2.05, 4.69) is 0 Å². The molecule has 2 saturated heterocycles. The Balaban J connectivity index is 1.45. The van der Waals surface area contributed by atoms with Gasteiger partial charge in [0.2, 0.25) is 18.6 Å². The maximum Gasteiger partial charge on any atom is 0.240 e. The van der Waals surface area contributed by atoms with E-state index in [1.54, 1.807) is 18.2 Å². The number of para-hydroxylation sites is 1. The standard InChI is InChI=1S/C23H18N2O5/c1-12(26)21-20-19(16-8-6-13-4-2-3-5-15(13)25(16)21)22(27)24(23(20)28)14-7-9-17-18(10-14)30-11-29-17/h2-10,16,19-21H,11H2,1H3/t16-,19-,20-,21+/m1/s1. The summed E-state index contributed by atoms with van der Waals surface area (Å²) in [7, 11) is 0. The molecule has 0 bridgehead atoms. The number of ketones is 1. The molecule has 2 aromatic rings. The molecule has 2 amide bonds. The third-order valence-electron chi connectivity index (χ3n) is 6.45. The van der Waals surface area contributed by atoms with Crippen molar-refractivity contribution in [1.29, 1.82) is 0 Å². The number of benzene rings is 2. The normalized spacial score (nSPS) is 27.9. The van der Waals surface area contributed by atoms with Gasteiger partial charge in [-0.15, -0.1) is 0 Å². The van der Waals surface area contributed by atoms with E-state index in [1.807, 2.05) is 41.3 Å². The average Bonchev–Trinajstić information content (AvgIpc) is 3.41. The number of Topliss-reactive ketones (excluding diaryl/α,β-unsaturated/α-hetero) is 1. The Bertz CT molecular complexity index is 1160. The largest absolute Gasteiger partial charge is 0.454 e. The summed E-state index contributed by atoms with van der Waals surface area (Å²) < 4.78 is 10.7. The lowest BCUT2D eigenvalue weighted by atomic mass is 9.88. The zero-order valence-corrected chi connectivity index (χ0v) is 16.1. The van der Waals surface area contributed by atoms with E-state index >= 15 is 0 Å². The summed E-state index contributed by atoms with van der Waals surface area (Å²) in [6, 6.07) is 11.7. The predicted molar refractivity (Wildman–Crippen MR) is 108 cm³/mol. The minimum atomic E-state index is -0.721. The number of carbonyl (C=O) groups is 3. The molecular formula is C23H18N2O5. The molecule has 30 heavy (non-hydrogen) atoms. The van der Waals surface area contributed by atoms with Gasteiger partial charge in [-0.05, 0) is 30.7 Å². The summed E-state index contributed by atoms with van der Waals surface area (Å²) in [5, 5.41) is 0. The molecule has 4 aliphatic rings. The number of ether oxygens (including phenoxy) is 2. The molecule has 2 aromatic carbocycles. The molecule has 150 valence electrons. The first-order valence-electron chi connectivity index (χ1n) is 9.90. The van der Waals surface area contributed by atoms with E-state index in [0.29, 0.717) is 17.2 Å². The van der Waals surface area contributed by atoms with Crippen molar-refractivity contribution in [3.05, 3.63) is 54.1 Å². The van der Waals surface area contributed by atoms with Crippen molar-refractivity contribution < 1.29 is 23.9 Å². The lowest BCUT2D eigenvalue weighted by Gasteiger charge is -2.36. The minimum Gasteiger partial charge on any atom is -0.454 e. The first-order chi connectivity index (χ1) is 14.6. The van der Waals surface area contributed by atoms with Crippen molar-refractivity contribution in [2.45, 2.75) is 19.0 Å². The number of nitrogens with zero attached hydrogens (tertiary/aromatic N) is 2. The monoisotopic (exact) mass is 402 g/mol. The number of hydrogen-bond donors (Lipinski definition) is 0. The van der Waals surface area contributed by atoms with Crippen LogP contribution in [0.3, 0.4) is 0 Å². The molecule has 0 radical (unpaired) electrons. The molecule has 0 spiro atoms. The summed E-state index contributed by atoms with van der Waals surface area (Å²) in [6.45, 7) is 1.60. The summed E-state index contributed by atoms with van der Waals surface area (Å²) >= 11 is 0. The van der Waals surface area contributed by atoms with Gasteiger partial charge in [0, 0.05) is 11.8 Å². The summed E-state index contributed by atoms with van der Waals surface area (Å²) in [4.78, 5) is 42.9. The van der Waals surface area contributed by atoms with Crippen molar-refractivity contribution in [2.24, 2.45) is 11.8 Å². The van der Waals surface area contributed by atoms with Gasteiger partial charge in [0.1, 0.15) is 6.04 Å². The van der Waals surface area contributed by atoms with E-state index in [0.717, 1.165) is 11.3 Å². The molecule has 4 heterocycles. The SMILES string of the molecule is CC(=O)[C@H]1[C@@H]2C(=O)N(c3ccc4c(c3)OCO4)C(=O)[C@@H]2[C@H]2C=Cc3ccccc3N21. The van der Waals surface area contributed by atoms with E-state index < -0.39 is 17.9 Å². The zero-order valence-electron chi connectivity index (χ0n) is 16.1. The van der Waals surface area contributed by atoms with Crippen LogP contribution in [-0.4, -0.2) is 36.5 Å². The number of carbonyl (C=O) groups excluding carboxylic acids is 3. The second-order valence-electron chi connectivity index (χ2n) is 7.97. The highest BCUT2D eigenvalue weighted by Crippen LogP contribution is 2.49. The van der Waals surface area contributed by atoms with Crippen LogP contribution in [0.25, 0.3) is 6.08 Å². The van der Waals surface area contributed by atoms with E-state index in [-0.39, 0.29) is 30.4 Å². The van der Waals surface area contributed by atoms with Gasteiger partial charge in [0.25, 0.3) is 0 Å². The van der Waals surface area contributed by atoms with Gasteiger partial charge < -0.3 is 14.4 Å². The van der Waals surface area contributed by atoms with Gasteiger partial charge in [-0.3, -0.25) is 14.4 Å². The number of imide groups is 1. The fourth-order valence-corrected chi connectivity index (χ4v) is 5.25. The predicted octanol–water partition coefficient (Wildman–Crippen LogP) is 2.39. The lowest BCUT2D eigenvalue weighted by molar-refractivity contribution is -0.126. The Kier molecular flexibility index (Phi) is 3.42. The second-order valence-corrected chi connectivity index (χ2v) is 7.97. The van der Waals surface area contributed by atoms with E-state index in [4.69, 9.17) is 9.47 Å². The van der Waals surface area contributed by atoms with Crippen molar-refractivity contribution in [3.63, 3.8) is 0 Å². The van der Waals surface area contributed by atoms with Crippen molar-refractivity contribution in [1.82, 2.24) is 0 Å². The number of amides is 2. The van der Waals surface area contributed by atoms with Crippen LogP contribution in [0.4, 0.5) is 11.4 Å². The van der Waals surface area contributed by atoms with Crippen molar-refractivity contribution >= 4 is 35.0 Å². The Morgan fingerprint density at radius 3 is 2.60 bits per heavy atom. The van der Waals surface area contributed by atoms with E-state index in [9.17, 15) is 14.4 Å². The molecule has 2 fully saturated rings. The van der Waals surface area contributed by atoms with Crippen molar-refractivity contribution in [3.8, 4) is 11.5 Å². The van der Waals surface area contributed by atoms with Crippen LogP contribution < -0.4 is 19.3 Å². The molecule has 0 saturated carbocycles. The molecular weight excluding hydrogens is 384 g/mol. The van der Waals surface area contributed by atoms with Crippen molar-refractivity contribution in [2.75, 3.05) is 16.6 Å². The molecule has 0 aliphatic carbocycles. The molecule has 0 aromatic heterocycles. The highest BCUT2D eigenvalue weighted by molar-refractivity contribution is 6.25. The summed E-state index contributed by atoms with van der Waals surface area (Å²) in [6.07, 6.45) is 3.91. The van der Waals surface area contributed by atoms with Gasteiger partial charge in [-0.2, -0.15) is 0 Å². The molecule has 7 nitrogen and oxygen atoms in total. The maximum atomic E-state index is 13.5. The van der Waals surface area contributed by atoms with Crippen LogP contribution in [-0.2, 0) is 14.4 Å². The molecule has 7 heteroatoms. The van der Waals surface area contributed by atoms with Gasteiger partial charge in [-0.1, -0.05) is 30.4 Å². The van der Waals surface area contributed by atoms with Crippen LogP contribution in [0.5, 0.6) is 11.5 Å².